The predicted octanol–water partition coefficient (Wildman–Crippen LogP) is 2.59. The number of unbranched alkanes of at least 4 members (excludes halogenated alkanes) is 1. The lowest BCUT2D eigenvalue weighted by atomic mass is 9.83. The first-order valence-corrected chi connectivity index (χ1v) is 8.76. The Morgan fingerprint density at radius 2 is 2.00 bits per heavy atom. The van der Waals surface area contributed by atoms with Crippen LogP contribution in [0.3, 0.4) is 0 Å². The third-order valence-electron chi connectivity index (χ3n) is 4.70. The van der Waals surface area contributed by atoms with Gasteiger partial charge in [-0.1, -0.05) is 52.4 Å². The van der Waals surface area contributed by atoms with Crippen LogP contribution in [0.1, 0.15) is 71.6 Å². The zero-order valence-corrected chi connectivity index (χ0v) is 13.8. The summed E-state index contributed by atoms with van der Waals surface area (Å²) in [7, 11) is 0. The summed E-state index contributed by atoms with van der Waals surface area (Å²) in [6, 6.07) is -0.195. The van der Waals surface area contributed by atoms with Crippen LogP contribution in [-0.2, 0) is 4.79 Å². The van der Waals surface area contributed by atoms with Gasteiger partial charge < -0.3 is 16.2 Å². The van der Waals surface area contributed by atoms with Gasteiger partial charge in [0, 0.05) is 18.5 Å². The Kier molecular flexibility index (Phi) is 8.93. The minimum Gasteiger partial charge on any atom is -0.391 e. The Bertz CT molecular complexity index is 291. The second-order valence-electron chi connectivity index (χ2n) is 6.75. The Labute approximate surface area is 129 Å². The van der Waals surface area contributed by atoms with Crippen molar-refractivity contribution in [3.8, 4) is 0 Å². The number of hydrogen-bond donors (Lipinski definition) is 3. The van der Waals surface area contributed by atoms with Crippen molar-refractivity contribution in [3.05, 3.63) is 0 Å². The molecule has 4 N–H and O–H groups in total. The van der Waals surface area contributed by atoms with Gasteiger partial charge in [-0.25, -0.2) is 0 Å². The summed E-state index contributed by atoms with van der Waals surface area (Å²) >= 11 is 0. The summed E-state index contributed by atoms with van der Waals surface area (Å²) in [6.07, 6.45) is 9.28. The Balaban J connectivity index is 2.26. The van der Waals surface area contributed by atoms with E-state index in [2.05, 4.69) is 12.2 Å². The Hall–Kier alpha value is -0.610. The second kappa shape index (κ2) is 10.2. The minimum atomic E-state index is -0.571. The van der Waals surface area contributed by atoms with E-state index < -0.39 is 6.10 Å². The van der Waals surface area contributed by atoms with Crippen molar-refractivity contribution in [1.29, 1.82) is 0 Å². The molecule has 1 aliphatic carbocycles. The standard InChI is InChI=1S/C17H34N2O2/c1-3-4-10-19-17(21)13(2)11-16(20)15(18)12-14-8-6-5-7-9-14/h13-16,20H,3-12,18H2,1-2H3,(H,19,21)/t13-,15+,16+/m1/s1. The van der Waals surface area contributed by atoms with Crippen molar-refractivity contribution >= 4 is 5.91 Å². The fraction of sp³-hybridized carbons (Fsp3) is 0.941. The molecule has 0 bridgehead atoms. The van der Waals surface area contributed by atoms with Crippen LogP contribution in [0.4, 0.5) is 0 Å². The first-order valence-electron chi connectivity index (χ1n) is 8.76. The summed E-state index contributed by atoms with van der Waals surface area (Å²) in [5.41, 5.74) is 6.14. The highest BCUT2D eigenvalue weighted by molar-refractivity contribution is 5.78. The number of carbonyl (C=O) groups excluding carboxylic acids is 1. The molecular weight excluding hydrogens is 264 g/mol. The monoisotopic (exact) mass is 298 g/mol. The van der Waals surface area contributed by atoms with Gasteiger partial charge in [-0.2, -0.15) is 0 Å². The van der Waals surface area contributed by atoms with Gasteiger partial charge in [-0.05, 0) is 25.2 Å². The van der Waals surface area contributed by atoms with Gasteiger partial charge in [0.15, 0.2) is 0 Å². The molecule has 1 saturated carbocycles. The van der Waals surface area contributed by atoms with E-state index in [0.29, 0.717) is 12.3 Å². The molecule has 0 unspecified atom stereocenters. The first kappa shape index (κ1) is 18.4. The average molecular weight is 298 g/mol. The first-order chi connectivity index (χ1) is 10.0. The molecule has 4 heteroatoms. The molecule has 124 valence electrons. The number of amides is 1. The van der Waals surface area contributed by atoms with Crippen molar-refractivity contribution in [2.24, 2.45) is 17.6 Å². The van der Waals surface area contributed by atoms with Crippen LogP contribution in [-0.4, -0.2) is 29.7 Å². The molecule has 0 heterocycles. The Morgan fingerprint density at radius 1 is 1.33 bits per heavy atom. The molecule has 0 aromatic rings. The van der Waals surface area contributed by atoms with Gasteiger partial charge in [0.1, 0.15) is 0 Å². The molecule has 0 radical (unpaired) electrons. The fourth-order valence-corrected chi connectivity index (χ4v) is 3.17. The van der Waals surface area contributed by atoms with E-state index in [-0.39, 0.29) is 17.9 Å². The molecule has 1 amide bonds. The summed E-state index contributed by atoms with van der Waals surface area (Å²) in [5.74, 6) is 0.527. The van der Waals surface area contributed by atoms with Crippen molar-refractivity contribution < 1.29 is 9.90 Å². The van der Waals surface area contributed by atoms with Crippen LogP contribution in [0.2, 0.25) is 0 Å². The second-order valence-corrected chi connectivity index (χ2v) is 6.75. The molecule has 0 aromatic heterocycles. The maximum Gasteiger partial charge on any atom is 0.222 e. The third-order valence-corrected chi connectivity index (χ3v) is 4.70. The summed E-state index contributed by atoms with van der Waals surface area (Å²) in [5, 5.41) is 13.2. The van der Waals surface area contributed by atoms with Crippen LogP contribution >= 0.6 is 0 Å². The van der Waals surface area contributed by atoms with Gasteiger partial charge in [-0.15, -0.1) is 0 Å². The quantitative estimate of drug-likeness (QED) is 0.573. The number of nitrogens with two attached hydrogens (primary N) is 1. The SMILES string of the molecule is CCCCNC(=O)[C@H](C)C[C@H](O)[C@@H](N)CC1CCCCC1. The topological polar surface area (TPSA) is 75.3 Å². The number of carbonyl (C=O) groups is 1. The molecule has 0 aromatic carbocycles. The zero-order chi connectivity index (χ0) is 15.7. The van der Waals surface area contributed by atoms with Crippen molar-refractivity contribution in [2.45, 2.75) is 83.8 Å². The molecular formula is C17H34N2O2. The van der Waals surface area contributed by atoms with Crippen LogP contribution in [0.15, 0.2) is 0 Å². The highest BCUT2D eigenvalue weighted by Gasteiger charge is 2.25. The summed E-state index contributed by atoms with van der Waals surface area (Å²) in [6.45, 7) is 4.70. The fourth-order valence-electron chi connectivity index (χ4n) is 3.17. The van der Waals surface area contributed by atoms with E-state index in [0.717, 1.165) is 25.8 Å². The van der Waals surface area contributed by atoms with Crippen LogP contribution < -0.4 is 11.1 Å². The lowest BCUT2D eigenvalue weighted by molar-refractivity contribution is -0.125. The van der Waals surface area contributed by atoms with E-state index in [4.69, 9.17) is 5.73 Å². The van der Waals surface area contributed by atoms with Gasteiger partial charge in [-0.3, -0.25) is 4.79 Å². The van der Waals surface area contributed by atoms with Crippen molar-refractivity contribution in [3.63, 3.8) is 0 Å². The smallest absolute Gasteiger partial charge is 0.222 e. The van der Waals surface area contributed by atoms with E-state index in [1.54, 1.807) is 0 Å². The molecule has 0 saturated heterocycles. The van der Waals surface area contributed by atoms with E-state index in [9.17, 15) is 9.90 Å². The van der Waals surface area contributed by atoms with Crippen LogP contribution in [0.25, 0.3) is 0 Å². The average Bonchev–Trinajstić information content (AvgIpc) is 2.48. The lowest BCUT2D eigenvalue weighted by Crippen LogP contribution is -2.40. The molecule has 3 atom stereocenters. The Morgan fingerprint density at radius 3 is 2.62 bits per heavy atom. The molecule has 1 rings (SSSR count). The number of rotatable bonds is 9. The zero-order valence-electron chi connectivity index (χ0n) is 13.8. The van der Waals surface area contributed by atoms with Crippen molar-refractivity contribution in [2.75, 3.05) is 6.54 Å². The van der Waals surface area contributed by atoms with Gasteiger partial charge in [0.25, 0.3) is 0 Å². The highest BCUT2D eigenvalue weighted by Crippen LogP contribution is 2.28. The number of aliphatic hydroxyl groups is 1. The van der Waals surface area contributed by atoms with Crippen LogP contribution in [0, 0.1) is 11.8 Å². The minimum absolute atomic E-state index is 0.0346. The maximum absolute atomic E-state index is 11.9. The molecule has 0 aliphatic heterocycles. The van der Waals surface area contributed by atoms with Crippen molar-refractivity contribution in [1.82, 2.24) is 5.32 Å². The van der Waals surface area contributed by atoms with Gasteiger partial charge >= 0.3 is 0 Å². The van der Waals surface area contributed by atoms with E-state index in [1.807, 2.05) is 6.92 Å². The maximum atomic E-state index is 11.9. The molecule has 0 spiro atoms. The number of hydrogen-bond acceptors (Lipinski definition) is 3. The molecule has 4 nitrogen and oxygen atoms in total. The summed E-state index contributed by atoms with van der Waals surface area (Å²) in [4.78, 5) is 11.9. The summed E-state index contributed by atoms with van der Waals surface area (Å²) < 4.78 is 0. The third kappa shape index (κ3) is 7.28. The van der Waals surface area contributed by atoms with Crippen LogP contribution in [0.5, 0.6) is 0 Å². The number of nitrogens with one attached hydrogen (secondary N) is 1. The largest absolute Gasteiger partial charge is 0.391 e. The predicted molar refractivity (Wildman–Crippen MR) is 86.9 cm³/mol. The normalized spacial score (nSPS) is 20.8. The molecule has 1 fully saturated rings. The van der Waals surface area contributed by atoms with Gasteiger partial charge in [0.2, 0.25) is 5.91 Å². The molecule has 21 heavy (non-hydrogen) atoms. The molecule has 1 aliphatic rings. The van der Waals surface area contributed by atoms with E-state index >= 15 is 0 Å². The highest BCUT2D eigenvalue weighted by atomic mass is 16.3. The number of aliphatic hydroxyl groups excluding tert-OH is 1. The van der Waals surface area contributed by atoms with Gasteiger partial charge in [0.05, 0.1) is 6.10 Å². The lowest BCUT2D eigenvalue weighted by Gasteiger charge is -2.28. The van der Waals surface area contributed by atoms with E-state index in [1.165, 1.54) is 32.1 Å².